The highest BCUT2D eigenvalue weighted by molar-refractivity contribution is 5.97. The van der Waals surface area contributed by atoms with Crippen molar-refractivity contribution in [3.63, 3.8) is 0 Å². The first-order chi connectivity index (χ1) is 15.5. The zero-order valence-corrected chi connectivity index (χ0v) is 17.3. The Balaban J connectivity index is 1.53. The maximum Gasteiger partial charge on any atom is 0.251 e. The number of carbonyl (C=O) groups is 1. The maximum atomic E-state index is 14.9. The molecule has 0 aliphatic carbocycles. The molecule has 1 saturated heterocycles. The van der Waals surface area contributed by atoms with Gasteiger partial charge in [0.2, 0.25) is 5.95 Å². The van der Waals surface area contributed by atoms with E-state index in [-0.39, 0.29) is 22.9 Å². The SMILES string of the molecule is Nc1nc(F)c(-c2ccc(N3CCOCC3)cc2)cc1-c1cc2c(cc1F)C(=O)NCC2. The molecule has 2 aliphatic heterocycles. The van der Waals surface area contributed by atoms with E-state index in [4.69, 9.17) is 10.5 Å². The highest BCUT2D eigenvalue weighted by atomic mass is 19.1. The quantitative estimate of drug-likeness (QED) is 0.616. The van der Waals surface area contributed by atoms with Crippen LogP contribution in [0.4, 0.5) is 20.3 Å². The molecule has 2 aliphatic rings. The molecule has 0 unspecified atom stereocenters. The number of nitrogens with zero attached hydrogens (tertiary/aromatic N) is 2. The second kappa shape index (κ2) is 8.20. The Bertz CT molecular complexity index is 1190. The Morgan fingerprint density at radius 2 is 1.72 bits per heavy atom. The van der Waals surface area contributed by atoms with Crippen molar-refractivity contribution < 1.29 is 18.3 Å². The van der Waals surface area contributed by atoms with Crippen LogP contribution in [0.25, 0.3) is 22.3 Å². The molecule has 0 atom stereocenters. The second-order valence-corrected chi connectivity index (χ2v) is 7.90. The molecule has 3 aromatic rings. The van der Waals surface area contributed by atoms with Crippen molar-refractivity contribution in [1.82, 2.24) is 10.3 Å². The standard InChI is InChI=1S/C24H22F2N4O2/c25-21-13-18-15(5-6-28-24(18)31)11-19(21)20-12-17(22(26)29-23(20)27)14-1-3-16(4-2-14)30-7-9-32-10-8-30/h1-4,11-13H,5-10H2,(H2,27,29)(H,28,31). The van der Waals surface area contributed by atoms with Gasteiger partial charge in [0.25, 0.3) is 5.91 Å². The summed E-state index contributed by atoms with van der Waals surface area (Å²) in [5.74, 6) is -1.73. The third-order valence-corrected chi connectivity index (χ3v) is 5.97. The highest BCUT2D eigenvalue weighted by Gasteiger charge is 2.22. The second-order valence-electron chi connectivity index (χ2n) is 7.90. The predicted octanol–water partition coefficient (Wildman–Crippen LogP) is 3.40. The Kier molecular flexibility index (Phi) is 5.22. The lowest BCUT2D eigenvalue weighted by atomic mass is 9.93. The number of fused-ring (bicyclic) bond motifs is 1. The summed E-state index contributed by atoms with van der Waals surface area (Å²) in [7, 11) is 0. The van der Waals surface area contributed by atoms with Gasteiger partial charge in [-0.05, 0) is 47.9 Å². The number of amides is 1. The Labute approximate surface area is 184 Å². The van der Waals surface area contributed by atoms with Crippen molar-refractivity contribution in [1.29, 1.82) is 0 Å². The molecule has 3 heterocycles. The fraction of sp³-hybridized carbons (Fsp3) is 0.250. The number of benzene rings is 2. The first kappa shape index (κ1) is 20.4. The minimum Gasteiger partial charge on any atom is -0.383 e. The molecule has 164 valence electrons. The van der Waals surface area contributed by atoms with E-state index < -0.39 is 11.8 Å². The summed E-state index contributed by atoms with van der Waals surface area (Å²) >= 11 is 0. The topological polar surface area (TPSA) is 80.5 Å². The van der Waals surface area contributed by atoms with E-state index in [1.807, 2.05) is 24.3 Å². The Hall–Kier alpha value is -3.52. The van der Waals surface area contributed by atoms with Crippen molar-refractivity contribution in [2.75, 3.05) is 43.5 Å². The number of anilines is 2. The summed E-state index contributed by atoms with van der Waals surface area (Å²) in [5.41, 5.74) is 9.39. The molecule has 1 fully saturated rings. The van der Waals surface area contributed by atoms with E-state index in [0.29, 0.717) is 42.9 Å². The van der Waals surface area contributed by atoms with Crippen LogP contribution in [-0.2, 0) is 11.2 Å². The van der Waals surface area contributed by atoms with Crippen molar-refractivity contribution >= 4 is 17.4 Å². The van der Waals surface area contributed by atoms with Crippen LogP contribution >= 0.6 is 0 Å². The van der Waals surface area contributed by atoms with Gasteiger partial charge in [0.1, 0.15) is 11.6 Å². The number of hydrogen-bond donors (Lipinski definition) is 2. The molecule has 0 saturated carbocycles. The molecule has 5 rings (SSSR count). The first-order valence-electron chi connectivity index (χ1n) is 10.5. The number of hydrogen-bond acceptors (Lipinski definition) is 5. The highest BCUT2D eigenvalue weighted by Crippen LogP contribution is 2.35. The summed E-state index contributed by atoms with van der Waals surface area (Å²) in [6.07, 6.45) is 0.582. The molecule has 0 radical (unpaired) electrons. The minimum atomic E-state index is -0.719. The fourth-order valence-corrected chi connectivity index (χ4v) is 4.24. The summed E-state index contributed by atoms with van der Waals surface area (Å²) in [4.78, 5) is 18.1. The van der Waals surface area contributed by atoms with Gasteiger partial charge in [-0.3, -0.25) is 4.79 Å². The van der Waals surface area contributed by atoms with Gasteiger partial charge in [-0.1, -0.05) is 12.1 Å². The van der Waals surface area contributed by atoms with Crippen molar-refractivity contribution in [2.45, 2.75) is 6.42 Å². The van der Waals surface area contributed by atoms with Gasteiger partial charge in [0.05, 0.1) is 13.2 Å². The van der Waals surface area contributed by atoms with Gasteiger partial charge in [0.15, 0.2) is 0 Å². The summed E-state index contributed by atoms with van der Waals surface area (Å²) in [6, 6.07) is 11.8. The largest absolute Gasteiger partial charge is 0.383 e. The molecule has 0 spiro atoms. The number of halogens is 2. The average molecular weight is 436 g/mol. The van der Waals surface area contributed by atoms with E-state index >= 15 is 0 Å². The third-order valence-electron chi connectivity index (χ3n) is 5.97. The summed E-state index contributed by atoms with van der Waals surface area (Å²) in [6.45, 7) is 3.44. The minimum absolute atomic E-state index is 0.102. The predicted molar refractivity (Wildman–Crippen MR) is 119 cm³/mol. The van der Waals surface area contributed by atoms with Crippen LogP contribution in [0.5, 0.6) is 0 Å². The number of ether oxygens (including phenoxy) is 1. The lowest BCUT2D eigenvalue weighted by Gasteiger charge is -2.29. The molecular formula is C24H22F2N4O2. The monoisotopic (exact) mass is 436 g/mol. The molecule has 2 aromatic carbocycles. The zero-order chi connectivity index (χ0) is 22.2. The fourth-order valence-electron chi connectivity index (χ4n) is 4.24. The molecule has 0 bridgehead atoms. The van der Waals surface area contributed by atoms with Crippen LogP contribution in [0.2, 0.25) is 0 Å². The van der Waals surface area contributed by atoms with E-state index in [1.54, 1.807) is 6.07 Å². The smallest absolute Gasteiger partial charge is 0.251 e. The van der Waals surface area contributed by atoms with Crippen LogP contribution in [0, 0.1) is 11.8 Å². The lowest BCUT2D eigenvalue weighted by molar-refractivity contribution is 0.0945. The van der Waals surface area contributed by atoms with Crippen LogP contribution in [-0.4, -0.2) is 43.7 Å². The van der Waals surface area contributed by atoms with Crippen LogP contribution in [0.1, 0.15) is 15.9 Å². The average Bonchev–Trinajstić information content (AvgIpc) is 2.81. The number of nitrogens with two attached hydrogens (primary N) is 1. The third kappa shape index (κ3) is 3.67. The van der Waals surface area contributed by atoms with Crippen LogP contribution in [0.3, 0.4) is 0 Å². The molecule has 1 aromatic heterocycles. The number of pyridine rings is 1. The molecule has 32 heavy (non-hydrogen) atoms. The van der Waals surface area contributed by atoms with E-state index in [2.05, 4.69) is 15.2 Å². The number of morpholine rings is 1. The van der Waals surface area contributed by atoms with Gasteiger partial charge in [-0.15, -0.1) is 0 Å². The Morgan fingerprint density at radius 1 is 0.969 bits per heavy atom. The summed E-state index contributed by atoms with van der Waals surface area (Å²) in [5, 5.41) is 2.70. The van der Waals surface area contributed by atoms with E-state index in [1.165, 1.54) is 12.1 Å². The van der Waals surface area contributed by atoms with Crippen LogP contribution < -0.4 is 16.0 Å². The number of nitrogens with one attached hydrogen (secondary N) is 1. The summed E-state index contributed by atoms with van der Waals surface area (Å²) < 4.78 is 35.1. The van der Waals surface area contributed by atoms with E-state index in [9.17, 15) is 13.6 Å². The van der Waals surface area contributed by atoms with Gasteiger partial charge >= 0.3 is 0 Å². The maximum absolute atomic E-state index is 14.9. The van der Waals surface area contributed by atoms with Crippen molar-refractivity contribution in [3.05, 3.63) is 65.4 Å². The number of rotatable bonds is 3. The number of aromatic nitrogens is 1. The molecular weight excluding hydrogens is 414 g/mol. The van der Waals surface area contributed by atoms with Crippen molar-refractivity contribution in [3.8, 4) is 22.3 Å². The normalized spacial score (nSPS) is 15.9. The van der Waals surface area contributed by atoms with Gasteiger partial charge in [-0.2, -0.15) is 4.39 Å². The van der Waals surface area contributed by atoms with Crippen molar-refractivity contribution in [2.24, 2.45) is 0 Å². The van der Waals surface area contributed by atoms with Crippen LogP contribution in [0.15, 0.2) is 42.5 Å². The Morgan fingerprint density at radius 3 is 2.47 bits per heavy atom. The molecule has 8 heteroatoms. The van der Waals surface area contributed by atoms with Gasteiger partial charge < -0.3 is 20.7 Å². The lowest BCUT2D eigenvalue weighted by Crippen LogP contribution is -2.36. The first-order valence-corrected chi connectivity index (χ1v) is 10.5. The number of carbonyl (C=O) groups excluding carboxylic acids is 1. The zero-order valence-electron chi connectivity index (χ0n) is 17.3. The molecule has 6 nitrogen and oxygen atoms in total. The van der Waals surface area contributed by atoms with E-state index in [0.717, 1.165) is 24.3 Å². The molecule has 3 N–H and O–H groups in total. The molecule has 1 amide bonds. The van der Waals surface area contributed by atoms with Gasteiger partial charge in [0, 0.05) is 47.6 Å². The van der Waals surface area contributed by atoms with Gasteiger partial charge in [-0.25, -0.2) is 9.37 Å². The number of nitrogen functional groups attached to an aromatic ring is 1.